The van der Waals surface area contributed by atoms with Crippen LogP contribution in [-0.2, 0) is 0 Å². The first-order valence-electron chi connectivity index (χ1n) is 6.09. The molecule has 0 aliphatic carbocycles. The van der Waals surface area contributed by atoms with Crippen LogP contribution in [0.2, 0.25) is 15.2 Å². The summed E-state index contributed by atoms with van der Waals surface area (Å²) in [5.41, 5.74) is 0.905. The van der Waals surface area contributed by atoms with Gasteiger partial charge >= 0.3 is 0 Å². The summed E-state index contributed by atoms with van der Waals surface area (Å²) < 4.78 is 0. The predicted octanol–water partition coefficient (Wildman–Crippen LogP) is 3.40. The smallest absolute Gasteiger partial charge is 0.148 e. The molecule has 0 spiro atoms. The monoisotopic (exact) mass is 307 g/mol. The maximum Gasteiger partial charge on any atom is 0.148 e. The third-order valence-electron chi connectivity index (χ3n) is 3.28. The molecule has 0 bridgehead atoms. The van der Waals surface area contributed by atoms with Gasteiger partial charge in [-0.1, -0.05) is 41.7 Å². The van der Waals surface area contributed by atoms with E-state index in [4.69, 9.17) is 34.8 Å². The van der Waals surface area contributed by atoms with Crippen LogP contribution in [0.15, 0.2) is 6.20 Å². The molecule has 2 rings (SSSR count). The largest absolute Gasteiger partial charge is 0.314 e. The second kappa shape index (κ2) is 6.40. The standard InChI is InChI=1S/C12H16Cl3N3/c1-2-9(18-5-3-16-4-6-18)10-8(13)7-17-12(15)11(10)14/h7,9,16H,2-6H2,1H3/t9-/m1/s1. The van der Waals surface area contributed by atoms with Crippen molar-refractivity contribution in [3.05, 3.63) is 27.0 Å². The Hall–Kier alpha value is -0.0600. The first-order valence-corrected chi connectivity index (χ1v) is 7.22. The fraction of sp³-hybridized carbons (Fsp3) is 0.583. The highest BCUT2D eigenvalue weighted by Crippen LogP contribution is 2.38. The molecule has 18 heavy (non-hydrogen) atoms. The van der Waals surface area contributed by atoms with Crippen LogP contribution in [0.3, 0.4) is 0 Å². The third-order valence-corrected chi connectivity index (χ3v) is 4.35. The Bertz CT molecular complexity index is 419. The second-order valence-corrected chi connectivity index (χ2v) is 5.48. The zero-order valence-electron chi connectivity index (χ0n) is 10.2. The van der Waals surface area contributed by atoms with Crippen molar-refractivity contribution in [1.29, 1.82) is 0 Å². The number of hydrogen-bond donors (Lipinski definition) is 1. The fourth-order valence-corrected chi connectivity index (χ4v) is 3.14. The minimum Gasteiger partial charge on any atom is -0.314 e. The lowest BCUT2D eigenvalue weighted by atomic mass is 10.0. The highest BCUT2D eigenvalue weighted by molar-refractivity contribution is 6.43. The molecular weight excluding hydrogens is 293 g/mol. The minimum atomic E-state index is 0.201. The SMILES string of the molecule is CC[C@H](c1c(Cl)cnc(Cl)c1Cl)N1CCNCC1. The summed E-state index contributed by atoms with van der Waals surface area (Å²) in [7, 11) is 0. The maximum absolute atomic E-state index is 6.27. The second-order valence-electron chi connectivity index (χ2n) is 4.33. The number of nitrogens with zero attached hydrogens (tertiary/aromatic N) is 2. The van der Waals surface area contributed by atoms with Crippen molar-refractivity contribution in [2.75, 3.05) is 26.2 Å². The number of pyridine rings is 1. The quantitative estimate of drug-likeness (QED) is 0.868. The molecule has 0 radical (unpaired) electrons. The Morgan fingerprint density at radius 2 is 2.00 bits per heavy atom. The molecule has 1 aliphatic rings. The van der Waals surface area contributed by atoms with Crippen LogP contribution in [0.1, 0.15) is 24.9 Å². The van der Waals surface area contributed by atoms with Crippen LogP contribution in [0.4, 0.5) is 0 Å². The lowest BCUT2D eigenvalue weighted by Gasteiger charge is -2.35. The molecule has 1 fully saturated rings. The number of halogens is 3. The van der Waals surface area contributed by atoms with Gasteiger partial charge in [0.1, 0.15) is 5.15 Å². The Balaban J connectivity index is 2.34. The van der Waals surface area contributed by atoms with E-state index >= 15 is 0 Å². The summed E-state index contributed by atoms with van der Waals surface area (Å²) in [6.45, 7) is 6.10. The molecular formula is C12H16Cl3N3. The Labute approximate surface area is 122 Å². The molecule has 1 saturated heterocycles. The average Bonchev–Trinajstić information content (AvgIpc) is 2.40. The first kappa shape index (κ1) is 14.4. The van der Waals surface area contributed by atoms with Crippen molar-refractivity contribution < 1.29 is 0 Å². The molecule has 0 aromatic carbocycles. The molecule has 3 nitrogen and oxygen atoms in total. The third kappa shape index (κ3) is 2.91. The van der Waals surface area contributed by atoms with Gasteiger partial charge in [-0.25, -0.2) is 4.98 Å². The highest BCUT2D eigenvalue weighted by atomic mass is 35.5. The number of hydrogen-bond acceptors (Lipinski definition) is 3. The van der Waals surface area contributed by atoms with Gasteiger partial charge < -0.3 is 5.32 Å². The Kier molecular flexibility index (Phi) is 5.10. The van der Waals surface area contributed by atoms with Crippen molar-refractivity contribution >= 4 is 34.8 Å². The van der Waals surface area contributed by atoms with E-state index in [0.717, 1.165) is 38.2 Å². The summed E-state index contributed by atoms with van der Waals surface area (Å²) in [6, 6.07) is 0.201. The van der Waals surface area contributed by atoms with Crippen molar-refractivity contribution in [2.24, 2.45) is 0 Å². The molecule has 0 unspecified atom stereocenters. The van der Waals surface area contributed by atoms with E-state index in [1.165, 1.54) is 0 Å². The van der Waals surface area contributed by atoms with E-state index in [-0.39, 0.29) is 6.04 Å². The van der Waals surface area contributed by atoms with Crippen LogP contribution in [0, 0.1) is 0 Å². The Morgan fingerprint density at radius 1 is 1.33 bits per heavy atom. The van der Waals surface area contributed by atoms with Crippen molar-refractivity contribution in [1.82, 2.24) is 15.2 Å². The normalized spacial score (nSPS) is 18.9. The summed E-state index contributed by atoms with van der Waals surface area (Å²) in [5, 5.41) is 4.74. The molecule has 1 atom stereocenters. The number of aromatic nitrogens is 1. The van der Waals surface area contributed by atoms with E-state index in [2.05, 4.69) is 22.1 Å². The molecule has 1 aromatic heterocycles. The minimum absolute atomic E-state index is 0.201. The van der Waals surface area contributed by atoms with Crippen LogP contribution < -0.4 is 5.32 Å². The number of piperazine rings is 1. The molecule has 1 aliphatic heterocycles. The zero-order valence-corrected chi connectivity index (χ0v) is 12.5. The predicted molar refractivity (Wildman–Crippen MR) is 76.7 cm³/mol. The summed E-state index contributed by atoms with van der Waals surface area (Å²) in [6.07, 6.45) is 2.52. The highest BCUT2D eigenvalue weighted by Gasteiger charge is 2.26. The van der Waals surface area contributed by atoms with Gasteiger partial charge in [-0.3, -0.25) is 4.90 Å². The van der Waals surface area contributed by atoms with E-state index in [1.807, 2.05) is 0 Å². The van der Waals surface area contributed by atoms with Gasteiger partial charge in [0.15, 0.2) is 0 Å². The van der Waals surface area contributed by atoms with Gasteiger partial charge in [-0.15, -0.1) is 0 Å². The van der Waals surface area contributed by atoms with Gasteiger partial charge in [0.25, 0.3) is 0 Å². The van der Waals surface area contributed by atoms with Crippen LogP contribution in [0.5, 0.6) is 0 Å². The molecule has 1 aromatic rings. The van der Waals surface area contributed by atoms with E-state index < -0.39 is 0 Å². The van der Waals surface area contributed by atoms with Crippen molar-refractivity contribution in [3.8, 4) is 0 Å². The topological polar surface area (TPSA) is 28.2 Å². The van der Waals surface area contributed by atoms with E-state index in [1.54, 1.807) is 6.20 Å². The van der Waals surface area contributed by atoms with Gasteiger partial charge in [0, 0.05) is 44.0 Å². The average molecular weight is 309 g/mol. The molecule has 100 valence electrons. The lowest BCUT2D eigenvalue weighted by Crippen LogP contribution is -2.45. The number of nitrogens with one attached hydrogen (secondary N) is 1. The molecule has 2 heterocycles. The fourth-order valence-electron chi connectivity index (χ4n) is 2.40. The van der Waals surface area contributed by atoms with Gasteiger partial charge in [0.05, 0.1) is 10.0 Å². The molecule has 1 N–H and O–H groups in total. The van der Waals surface area contributed by atoms with E-state index in [9.17, 15) is 0 Å². The number of rotatable bonds is 3. The summed E-state index contributed by atoms with van der Waals surface area (Å²) >= 11 is 18.5. The summed E-state index contributed by atoms with van der Waals surface area (Å²) in [4.78, 5) is 6.36. The van der Waals surface area contributed by atoms with Crippen LogP contribution >= 0.6 is 34.8 Å². The summed E-state index contributed by atoms with van der Waals surface area (Å²) in [5.74, 6) is 0. The van der Waals surface area contributed by atoms with Crippen molar-refractivity contribution in [2.45, 2.75) is 19.4 Å². The maximum atomic E-state index is 6.27. The van der Waals surface area contributed by atoms with Gasteiger partial charge in [-0.2, -0.15) is 0 Å². The van der Waals surface area contributed by atoms with Crippen molar-refractivity contribution in [3.63, 3.8) is 0 Å². The lowest BCUT2D eigenvalue weighted by molar-refractivity contribution is 0.169. The van der Waals surface area contributed by atoms with Gasteiger partial charge in [0.2, 0.25) is 0 Å². The van der Waals surface area contributed by atoms with Gasteiger partial charge in [-0.05, 0) is 6.42 Å². The Morgan fingerprint density at radius 3 is 2.61 bits per heavy atom. The van der Waals surface area contributed by atoms with E-state index in [0.29, 0.717) is 15.2 Å². The first-order chi connectivity index (χ1) is 8.65. The molecule has 0 saturated carbocycles. The zero-order chi connectivity index (χ0) is 13.1. The van der Waals surface area contributed by atoms with Crippen LogP contribution in [-0.4, -0.2) is 36.1 Å². The molecule has 0 amide bonds. The van der Waals surface area contributed by atoms with Crippen LogP contribution in [0.25, 0.3) is 0 Å². The molecule has 6 heteroatoms.